The maximum absolute atomic E-state index is 13.3. The van der Waals surface area contributed by atoms with Crippen LogP contribution in [-0.2, 0) is 14.3 Å². The maximum Gasteiger partial charge on any atom is 0.332 e. The lowest BCUT2D eigenvalue weighted by atomic mass is 9.94. The zero-order chi connectivity index (χ0) is 20.5. The van der Waals surface area contributed by atoms with Crippen LogP contribution in [0.4, 0.5) is 0 Å². The van der Waals surface area contributed by atoms with E-state index in [4.69, 9.17) is 4.74 Å². The molecule has 150 valence electrons. The van der Waals surface area contributed by atoms with Crippen molar-refractivity contribution in [3.05, 3.63) is 107 Å². The van der Waals surface area contributed by atoms with Crippen LogP contribution < -0.4 is 5.32 Å². The molecule has 0 spiro atoms. The summed E-state index contributed by atoms with van der Waals surface area (Å²) in [5.41, 5.74) is 3.73. The first kappa shape index (κ1) is 18.6. The van der Waals surface area contributed by atoms with Crippen LogP contribution in [0.15, 0.2) is 96.1 Å². The van der Waals surface area contributed by atoms with E-state index in [0.29, 0.717) is 17.4 Å². The van der Waals surface area contributed by atoms with Gasteiger partial charge in [-0.25, -0.2) is 4.79 Å². The Bertz CT molecular complexity index is 1010. The van der Waals surface area contributed by atoms with E-state index >= 15 is 0 Å². The van der Waals surface area contributed by atoms with Crippen LogP contribution in [-0.4, -0.2) is 18.0 Å². The zero-order valence-corrected chi connectivity index (χ0v) is 16.5. The number of fused-ring (bicyclic) bond motifs is 1. The van der Waals surface area contributed by atoms with Gasteiger partial charge in [0, 0.05) is 11.6 Å². The lowest BCUT2D eigenvalue weighted by Crippen LogP contribution is -2.39. The van der Waals surface area contributed by atoms with E-state index < -0.39 is 12.1 Å². The van der Waals surface area contributed by atoms with Crippen molar-refractivity contribution in [3.8, 4) is 0 Å². The van der Waals surface area contributed by atoms with Gasteiger partial charge in [-0.05, 0) is 41.4 Å². The van der Waals surface area contributed by atoms with E-state index in [2.05, 4.69) is 11.4 Å². The molecular weight excluding hydrogens is 374 g/mol. The summed E-state index contributed by atoms with van der Waals surface area (Å²) in [4.78, 5) is 25.5. The number of ether oxygens (including phenoxy) is 1. The van der Waals surface area contributed by atoms with Gasteiger partial charge < -0.3 is 10.1 Å². The second kappa shape index (κ2) is 7.79. The molecule has 1 N–H and O–H groups in total. The van der Waals surface area contributed by atoms with Gasteiger partial charge in [0.15, 0.2) is 0 Å². The number of esters is 1. The highest BCUT2D eigenvalue weighted by molar-refractivity contribution is 5.97. The maximum atomic E-state index is 13.3. The Morgan fingerprint density at radius 1 is 0.967 bits per heavy atom. The quantitative estimate of drug-likeness (QED) is 0.767. The number of hydrogen-bond donors (Lipinski definition) is 1. The summed E-state index contributed by atoms with van der Waals surface area (Å²) < 4.78 is 5.46. The van der Waals surface area contributed by atoms with Crippen molar-refractivity contribution >= 4 is 11.9 Å². The standard InChI is InChI=1S/C26H23NO3/c28-23-16-22(20-14-8-7-13-19-15-21(19)20)25(30-23)26(29)27-24(17-9-3-1-4-10-17)18-11-5-2-6-12-18/h1-12,14,16,19,21,24-25H,13,15H2,(H,27,29). The summed E-state index contributed by atoms with van der Waals surface area (Å²) in [7, 11) is 0. The van der Waals surface area contributed by atoms with Gasteiger partial charge in [-0.1, -0.05) is 78.9 Å². The minimum Gasteiger partial charge on any atom is -0.444 e. The topological polar surface area (TPSA) is 55.4 Å². The average Bonchev–Trinajstić information content (AvgIpc) is 3.47. The number of amides is 1. The van der Waals surface area contributed by atoms with Crippen molar-refractivity contribution in [2.75, 3.05) is 0 Å². The van der Waals surface area contributed by atoms with Crippen molar-refractivity contribution in [1.82, 2.24) is 5.32 Å². The van der Waals surface area contributed by atoms with Crippen LogP contribution in [0.25, 0.3) is 0 Å². The molecule has 4 heteroatoms. The fourth-order valence-electron chi connectivity index (χ4n) is 4.46. The predicted molar refractivity (Wildman–Crippen MR) is 114 cm³/mol. The van der Waals surface area contributed by atoms with Gasteiger partial charge in [-0.3, -0.25) is 4.79 Å². The van der Waals surface area contributed by atoms with Crippen molar-refractivity contribution in [3.63, 3.8) is 0 Å². The number of benzene rings is 2. The summed E-state index contributed by atoms with van der Waals surface area (Å²) in [5.74, 6) is 0.273. The number of hydrogen-bond acceptors (Lipinski definition) is 3. The molecule has 30 heavy (non-hydrogen) atoms. The highest BCUT2D eigenvalue weighted by atomic mass is 16.6. The molecule has 3 unspecified atom stereocenters. The summed E-state index contributed by atoms with van der Waals surface area (Å²) >= 11 is 0. The second-order valence-electron chi connectivity index (χ2n) is 8.07. The Balaban J connectivity index is 1.43. The molecule has 0 radical (unpaired) electrons. The fourth-order valence-corrected chi connectivity index (χ4v) is 4.46. The number of cyclic esters (lactones) is 1. The highest BCUT2D eigenvalue weighted by Crippen LogP contribution is 2.51. The Labute approximate surface area is 175 Å². The molecule has 1 fully saturated rings. The van der Waals surface area contributed by atoms with Gasteiger partial charge in [0.2, 0.25) is 6.10 Å². The Hall–Kier alpha value is -3.40. The summed E-state index contributed by atoms with van der Waals surface area (Å²) in [6, 6.07) is 19.3. The Morgan fingerprint density at radius 3 is 2.30 bits per heavy atom. The third kappa shape index (κ3) is 3.61. The molecule has 1 amide bonds. The van der Waals surface area contributed by atoms with E-state index in [1.54, 1.807) is 0 Å². The van der Waals surface area contributed by atoms with E-state index in [9.17, 15) is 9.59 Å². The minimum absolute atomic E-state index is 0.295. The van der Waals surface area contributed by atoms with Gasteiger partial charge >= 0.3 is 5.97 Å². The van der Waals surface area contributed by atoms with Crippen molar-refractivity contribution in [1.29, 1.82) is 0 Å². The van der Waals surface area contributed by atoms with Crippen LogP contribution in [0.1, 0.15) is 30.0 Å². The zero-order valence-electron chi connectivity index (χ0n) is 16.5. The normalized spacial score (nSPS) is 24.4. The first-order valence-electron chi connectivity index (χ1n) is 10.4. The molecular formula is C26H23NO3. The van der Waals surface area contributed by atoms with Crippen LogP contribution in [0, 0.1) is 11.8 Å². The summed E-state index contributed by atoms with van der Waals surface area (Å²) in [6.45, 7) is 0. The molecule has 0 aromatic heterocycles. The summed E-state index contributed by atoms with van der Waals surface area (Å²) in [6.07, 6.45) is 8.96. The average molecular weight is 397 g/mol. The molecule has 2 aliphatic carbocycles. The minimum atomic E-state index is -0.911. The highest BCUT2D eigenvalue weighted by Gasteiger charge is 2.45. The van der Waals surface area contributed by atoms with E-state index in [1.165, 1.54) is 6.08 Å². The monoisotopic (exact) mass is 397 g/mol. The number of carbonyl (C=O) groups excluding carboxylic acids is 2. The molecule has 2 aromatic carbocycles. The number of nitrogens with one attached hydrogen (secondary N) is 1. The molecule has 0 bridgehead atoms. The van der Waals surface area contributed by atoms with Crippen LogP contribution in [0.2, 0.25) is 0 Å². The van der Waals surface area contributed by atoms with Crippen molar-refractivity contribution < 1.29 is 14.3 Å². The number of rotatable bonds is 5. The van der Waals surface area contributed by atoms with E-state index in [1.807, 2.05) is 72.8 Å². The largest absolute Gasteiger partial charge is 0.444 e. The van der Waals surface area contributed by atoms with E-state index in [0.717, 1.165) is 29.5 Å². The molecule has 3 aliphatic rings. The third-order valence-electron chi connectivity index (χ3n) is 6.09. The molecule has 3 atom stereocenters. The number of carbonyl (C=O) groups is 2. The fraction of sp³-hybridized carbons (Fsp3) is 0.231. The Morgan fingerprint density at radius 2 is 1.63 bits per heavy atom. The second-order valence-corrected chi connectivity index (χ2v) is 8.07. The van der Waals surface area contributed by atoms with Crippen molar-refractivity contribution in [2.45, 2.75) is 25.0 Å². The molecule has 4 nitrogen and oxygen atoms in total. The predicted octanol–water partition coefficient (Wildman–Crippen LogP) is 4.27. The first-order valence-corrected chi connectivity index (χ1v) is 10.4. The van der Waals surface area contributed by atoms with Crippen LogP contribution in [0.5, 0.6) is 0 Å². The van der Waals surface area contributed by atoms with Crippen LogP contribution >= 0.6 is 0 Å². The van der Waals surface area contributed by atoms with Crippen LogP contribution in [0.3, 0.4) is 0 Å². The van der Waals surface area contributed by atoms with E-state index in [-0.39, 0.29) is 11.9 Å². The molecule has 2 aromatic rings. The van der Waals surface area contributed by atoms with Gasteiger partial charge in [0.05, 0.1) is 6.04 Å². The summed E-state index contributed by atoms with van der Waals surface area (Å²) in [5, 5.41) is 3.12. The number of allylic oxidation sites excluding steroid dienone is 3. The van der Waals surface area contributed by atoms with Gasteiger partial charge in [0.25, 0.3) is 5.91 Å². The smallest absolute Gasteiger partial charge is 0.332 e. The molecule has 1 heterocycles. The van der Waals surface area contributed by atoms with Gasteiger partial charge in [-0.2, -0.15) is 0 Å². The first-order chi connectivity index (χ1) is 14.7. The van der Waals surface area contributed by atoms with Gasteiger partial charge in [0.1, 0.15) is 0 Å². The van der Waals surface area contributed by atoms with Gasteiger partial charge in [-0.15, -0.1) is 0 Å². The SMILES string of the molecule is O=C1C=C(C2=CC=CCC3CC23)C(C(=O)NC(c2ccccc2)c2ccccc2)O1. The lowest BCUT2D eigenvalue weighted by molar-refractivity contribution is -0.146. The third-order valence-corrected chi connectivity index (χ3v) is 6.09. The molecule has 1 saturated carbocycles. The Kier molecular flexibility index (Phi) is 4.83. The lowest BCUT2D eigenvalue weighted by Gasteiger charge is -2.23. The van der Waals surface area contributed by atoms with Crippen molar-refractivity contribution in [2.24, 2.45) is 11.8 Å². The molecule has 1 aliphatic heterocycles. The molecule has 0 saturated heterocycles. The molecule has 5 rings (SSSR count).